The van der Waals surface area contributed by atoms with E-state index in [9.17, 15) is 0 Å². The van der Waals surface area contributed by atoms with Crippen LogP contribution >= 0.6 is 23.1 Å². The normalized spacial score (nSPS) is 11.0. The van der Waals surface area contributed by atoms with Gasteiger partial charge in [-0.2, -0.15) is 0 Å². The number of nitrogens with one attached hydrogen (secondary N) is 1. The van der Waals surface area contributed by atoms with Crippen molar-refractivity contribution in [3.05, 3.63) is 34.9 Å². The average Bonchev–Trinajstić information content (AvgIpc) is 2.80. The summed E-state index contributed by atoms with van der Waals surface area (Å²) in [6, 6.07) is 0. The first-order valence-electron chi connectivity index (χ1n) is 6.52. The molecule has 0 unspecified atom stereocenters. The van der Waals surface area contributed by atoms with Crippen LogP contribution in [0.1, 0.15) is 16.3 Å². The lowest BCUT2D eigenvalue weighted by Gasteiger charge is -2.06. The number of rotatable bonds is 4. The molecule has 5 nitrogen and oxygen atoms in total. The lowest BCUT2D eigenvalue weighted by atomic mass is 10.2. The van der Waals surface area contributed by atoms with Crippen LogP contribution in [0.4, 0.5) is 5.82 Å². The maximum Gasteiger partial charge on any atom is 0.142 e. The molecule has 0 spiro atoms. The molecule has 0 radical (unpaired) electrons. The van der Waals surface area contributed by atoms with E-state index in [1.54, 1.807) is 41.7 Å². The number of anilines is 1. The molecular weight excluding hydrogens is 302 g/mol. The molecule has 0 aliphatic heterocycles. The fourth-order valence-corrected chi connectivity index (χ4v) is 3.76. The molecule has 0 aliphatic carbocycles. The van der Waals surface area contributed by atoms with Crippen LogP contribution < -0.4 is 5.32 Å². The van der Waals surface area contributed by atoms with Crippen molar-refractivity contribution in [3.63, 3.8) is 0 Å². The summed E-state index contributed by atoms with van der Waals surface area (Å²) in [5.74, 6) is 2.39. The molecule has 0 atom stereocenters. The molecule has 21 heavy (non-hydrogen) atoms. The lowest BCUT2D eigenvalue weighted by Crippen LogP contribution is -2.00. The molecule has 1 N–H and O–H groups in total. The van der Waals surface area contributed by atoms with E-state index in [2.05, 4.69) is 39.1 Å². The predicted molar refractivity (Wildman–Crippen MR) is 88.0 cm³/mol. The van der Waals surface area contributed by atoms with E-state index in [0.29, 0.717) is 5.75 Å². The van der Waals surface area contributed by atoms with Gasteiger partial charge in [-0.25, -0.2) is 15.0 Å². The van der Waals surface area contributed by atoms with Gasteiger partial charge in [0, 0.05) is 24.3 Å². The summed E-state index contributed by atoms with van der Waals surface area (Å²) >= 11 is 3.31. The van der Waals surface area contributed by atoms with Gasteiger partial charge in [0.2, 0.25) is 0 Å². The quantitative estimate of drug-likeness (QED) is 0.744. The van der Waals surface area contributed by atoms with E-state index in [1.165, 1.54) is 10.4 Å². The van der Waals surface area contributed by atoms with Crippen molar-refractivity contribution in [2.24, 2.45) is 0 Å². The molecule has 3 rings (SSSR count). The number of hydrogen-bond donors (Lipinski definition) is 1. The van der Waals surface area contributed by atoms with Crippen molar-refractivity contribution < 1.29 is 0 Å². The summed E-state index contributed by atoms with van der Waals surface area (Å²) in [7, 11) is 1.90. The Hall–Kier alpha value is -1.73. The summed E-state index contributed by atoms with van der Waals surface area (Å²) < 4.78 is 0. The Labute approximate surface area is 131 Å². The molecule has 3 heterocycles. The fourth-order valence-electron chi connectivity index (χ4n) is 2.04. The maximum absolute atomic E-state index is 4.68. The van der Waals surface area contributed by atoms with Crippen LogP contribution in [0.15, 0.2) is 23.6 Å². The van der Waals surface area contributed by atoms with Crippen LogP contribution in [0.2, 0.25) is 0 Å². The van der Waals surface area contributed by atoms with Gasteiger partial charge in [0.1, 0.15) is 21.5 Å². The first-order chi connectivity index (χ1) is 10.2. The van der Waals surface area contributed by atoms with Crippen LogP contribution in [0.25, 0.3) is 10.2 Å². The second-order valence-corrected chi connectivity index (χ2v) is 6.73. The van der Waals surface area contributed by atoms with Gasteiger partial charge in [-0.15, -0.1) is 11.3 Å². The number of thioether (sulfide) groups is 1. The Morgan fingerprint density at radius 2 is 2.10 bits per heavy atom. The Balaban J connectivity index is 1.93. The van der Waals surface area contributed by atoms with Gasteiger partial charge in [0.15, 0.2) is 0 Å². The van der Waals surface area contributed by atoms with E-state index >= 15 is 0 Å². The molecule has 7 heteroatoms. The van der Waals surface area contributed by atoms with Gasteiger partial charge < -0.3 is 5.32 Å². The van der Waals surface area contributed by atoms with Crippen molar-refractivity contribution in [3.8, 4) is 0 Å². The topological polar surface area (TPSA) is 63.6 Å². The SMILES string of the molecule is CNc1nc(CSc2cnccn2)nc2sc(C)c(C)c12. The van der Waals surface area contributed by atoms with Crippen molar-refractivity contribution in [1.29, 1.82) is 0 Å². The van der Waals surface area contributed by atoms with Crippen LogP contribution in [-0.4, -0.2) is 27.0 Å². The summed E-state index contributed by atoms with van der Waals surface area (Å²) in [6.45, 7) is 4.24. The molecule has 0 bridgehead atoms. The van der Waals surface area contributed by atoms with E-state index in [-0.39, 0.29) is 0 Å². The lowest BCUT2D eigenvalue weighted by molar-refractivity contribution is 1.04. The van der Waals surface area contributed by atoms with Crippen molar-refractivity contribution in [1.82, 2.24) is 19.9 Å². The second kappa shape index (κ2) is 5.95. The van der Waals surface area contributed by atoms with Crippen molar-refractivity contribution in [2.45, 2.75) is 24.6 Å². The number of fused-ring (bicyclic) bond motifs is 1. The molecule has 3 aromatic heterocycles. The molecule has 108 valence electrons. The highest BCUT2D eigenvalue weighted by molar-refractivity contribution is 7.98. The minimum atomic E-state index is 0.680. The van der Waals surface area contributed by atoms with Gasteiger partial charge in [0.25, 0.3) is 0 Å². The summed E-state index contributed by atoms with van der Waals surface area (Å²) in [5, 5.41) is 5.19. The monoisotopic (exact) mass is 317 g/mol. The third-order valence-corrected chi connectivity index (χ3v) is 5.21. The van der Waals surface area contributed by atoms with E-state index in [1.807, 2.05) is 7.05 Å². The maximum atomic E-state index is 4.68. The third kappa shape index (κ3) is 2.84. The molecule has 0 fully saturated rings. The summed E-state index contributed by atoms with van der Waals surface area (Å²) in [5.41, 5.74) is 1.26. The van der Waals surface area contributed by atoms with Crippen LogP contribution in [0, 0.1) is 13.8 Å². The first-order valence-corrected chi connectivity index (χ1v) is 8.32. The predicted octanol–water partition coefficient (Wildman–Crippen LogP) is 3.43. The van der Waals surface area contributed by atoms with Crippen molar-refractivity contribution in [2.75, 3.05) is 12.4 Å². The standard InChI is InChI=1S/C14H15N5S2/c1-8-9(2)21-14-12(8)13(15-3)18-10(19-14)7-20-11-6-16-4-5-17-11/h4-6H,7H2,1-3H3,(H,15,18,19). The highest BCUT2D eigenvalue weighted by atomic mass is 32.2. The zero-order valence-electron chi connectivity index (χ0n) is 12.0. The number of nitrogens with zero attached hydrogens (tertiary/aromatic N) is 4. The third-order valence-electron chi connectivity index (χ3n) is 3.20. The van der Waals surface area contributed by atoms with Gasteiger partial charge in [-0.3, -0.25) is 4.98 Å². The Bertz CT molecular complexity index is 770. The number of aryl methyl sites for hydroxylation is 2. The number of aromatic nitrogens is 4. The van der Waals surface area contributed by atoms with Gasteiger partial charge in [0.05, 0.1) is 17.3 Å². The molecular formula is C14H15N5S2. The number of hydrogen-bond acceptors (Lipinski definition) is 7. The molecule has 0 amide bonds. The Kier molecular flexibility index (Phi) is 4.03. The highest BCUT2D eigenvalue weighted by Gasteiger charge is 2.13. The van der Waals surface area contributed by atoms with Gasteiger partial charge in [-0.05, 0) is 19.4 Å². The van der Waals surface area contributed by atoms with E-state index < -0.39 is 0 Å². The van der Waals surface area contributed by atoms with Gasteiger partial charge >= 0.3 is 0 Å². The fraction of sp³-hybridized carbons (Fsp3) is 0.286. The minimum Gasteiger partial charge on any atom is -0.372 e. The van der Waals surface area contributed by atoms with Crippen molar-refractivity contribution >= 4 is 39.1 Å². The Morgan fingerprint density at radius 3 is 2.81 bits per heavy atom. The first kappa shape index (κ1) is 14.2. The van der Waals surface area contributed by atoms with Gasteiger partial charge in [-0.1, -0.05) is 11.8 Å². The summed E-state index contributed by atoms with van der Waals surface area (Å²) in [6.07, 6.45) is 5.11. The van der Waals surface area contributed by atoms with Crippen LogP contribution in [-0.2, 0) is 5.75 Å². The molecule has 0 saturated carbocycles. The van der Waals surface area contributed by atoms with E-state index in [4.69, 9.17) is 0 Å². The van der Waals surface area contributed by atoms with E-state index in [0.717, 1.165) is 26.9 Å². The largest absolute Gasteiger partial charge is 0.372 e. The zero-order chi connectivity index (χ0) is 14.8. The smallest absolute Gasteiger partial charge is 0.142 e. The molecule has 3 aromatic rings. The van der Waals surface area contributed by atoms with Crippen LogP contribution in [0.5, 0.6) is 0 Å². The molecule has 0 aromatic carbocycles. The zero-order valence-corrected chi connectivity index (χ0v) is 13.7. The Morgan fingerprint density at radius 1 is 1.24 bits per heavy atom. The van der Waals surface area contributed by atoms with Crippen LogP contribution in [0.3, 0.4) is 0 Å². The molecule has 0 aliphatic rings. The molecule has 0 saturated heterocycles. The minimum absolute atomic E-state index is 0.680. The second-order valence-electron chi connectivity index (χ2n) is 4.53. The summed E-state index contributed by atoms with van der Waals surface area (Å²) in [4.78, 5) is 19.9. The highest BCUT2D eigenvalue weighted by Crippen LogP contribution is 2.33. The average molecular weight is 317 g/mol. The number of thiophene rings is 1.